The zero-order chi connectivity index (χ0) is 20.1. The summed E-state index contributed by atoms with van der Waals surface area (Å²) < 4.78 is 0. The van der Waals surface area contributed by atoms with Crippen molar-refractivity contribution in [2.45, 2.75) is 12.8 Å². The Balaban J connectivity index is 1.50. The molecule has 0 bridgehead atoms. The van der Waals surface area contributed by atoms with E-state index in [-0.39, 0.29) is 0 Å². The molecule has 0 fully saturated rings. The second-order valence-electron chi connectivity index (χ2n) is 7.60. The average Bonchev–Trinajstić information content (AvgIpc) is 2.74. The highest BCUT2D eigenvalue weighted by Crippen LogP contribution is 2.20. The molecule has 0 aliphatic carbocycles. The summed E-state index contributed by atoms with van der Waals surface area (Å²) in [4.78, 5) is 2.11. The van der Waals surface area contributed by atoms with Gasteiger partial charge in [0.1, 0.15) is 0 Å². The summed E-state index contributed by atoms with van der Waals surface area (Å²) in [6, 6.07) is 32.4. The van der Waals surface area contributed by atoms with Crippen molar-refractivity contribution in [1.29, 1.82) is 0 Å². The predicted octanol–water partition coefficient (Wildman–Crippen LogP) is 6.09. The van der Waals surface area contributed by atoms with E-state index in [4.69, 9.17) is 0 Å². The molecule has 0 spiro atoms. The summed E-state index contributed by atoms with van der Waals surface area (Å²) in [6.45, 7) is 0. The molecular weight excluding hydrogens is 350 g/mol. The maximum Gasteiger partial charge on any atom is 0.0361 e. The second-order valence-corrected chi connectivity index (χ2v) is 7.60. The quantitative estimate of drug-likeness (QED) is 0.390. The van der Waals surface area contributed by atoms with Gasteiger partial charge in [-0.25, -0.2) is 0 Å². The van der Waals surface area contributed by atoms with Crippen molar-refractivity contribution in [2.75, 3.05) is 19.0 Å². The lowest BCUT2D eigenvalue weighted by Crippen LogP contribution is -2.08. The van der Waals surface area contributed by atoms with Crippen LogP contribution in [0.4, 0.5) is 5.69 Å². The van der Waals surface area contributed by atoms with Crippen LogP contribution in [0.2, 0.25) is 0 Å². The lowest BCUT2D eigenvalue weighted by atomic mass is 10.00. The lowest BCUT2D eigenvalue weighted by molar-refractivity contribution is 1.13. The summed E-state index contributed by atoms with van der Waals surface area (Å²) >= 11 is 0. The van der Waals surface area contributed by atoms with E-state index >= 15 is 0 Å². The standard InChI is InChI=1S/C28H25N/c1-29(2)28-17-13-22(14-18-28)9-6-10-24-11-15-26-16-12-25(21-27(26)20-24)19-23-7-4-3-5-8-23/h3-5,7-8,11-18,20-21H,9,19H2,1-2H3. The third-order valence-corrected chi connectivity index (χ3v) is 5.13. The Hall–Kier alpha value is -3.50. The highest BCUT2D eigenvalue weighted by molar-refractivity contribution is 5.84. The Labute approximate surface area is 173 Å². The number of fused-ring (bicyclic) bond motifs is 1. The van der Waals surface area contributed by atoms with Crippen molar-refractivity contribution in [2.24, 2.45) is 0 Å². The first-order chi connectivity index (χ1) is 14.2. The second kappa shape index (κ2) is 8.67. The van der Waals surface area contributed by atoms with Crippen molar-refractivity contribution in [1.82, 2.24) is 0 Å². The van der Waals surface area contributed by atoms with Crippen LogP contribution in [0.3, 0.4) is 0 Å². The molecule has 4 aromatic carbocycles. The van der Waals surface area contributed by atoms with E-state index in [2.05, 4.69) is 122 Å². The number of hydrogen-bond acceptors (Lipinski definition) is 1. The van der Waals surface area contributed by atoms with Crippen molar-refractivity contribution < 1.29 is 0 Å². The fourth-order valence-electron chi connectivity index (χ4n) is 3.48. The van der Waals surface area contributed by atoms with E-state index in [1.165, 1.54) is 33.2 Å². The zero-order valence-electron chi connectivity index (χ0n) is 17.0. The lowest BCUT2D eigenvalue weighted by Gasteiger charge is -2.11. The molecule has 0 radical (unpaired) electrons. The van der Waals surface area contributed by atoms with E-state index in [1.54, 1.807) is 0 Å². The van der Waals surface area contributed by atoms with Gasteiger partial charge in [0.2, 0.25) is 0 Å². The Morgan fingerprint density at radius 2 is 1.38 bits per heavy atom. The number of benzene rings is 4. The molecule has 0 heterocycles. The largest absolute Gasteiger partial charge is 0.378 e. The molecule has 0 atom stereocenters. The Morgan fingerprint density at radius 1 is 0.655 bits per heavy atom. The van der Waals surface area contributed by atoms with Crippen LogP contribution in [0.25, 0.3) is 10.8 Å². The molecule has 0 aromatic heterocycles. The van der Waals surface area contributed by atoms with Crippen LogP contribution >= 0.6 is 0 Å². The van der Waals surface area contributed by atoms with Gasteiger partial charge in [0.05, 0.1) is 0 Å². The van der Waals surface area contributed by atoms with Crippen LogP contribution in [0.15, 0.2) is 91.0 Å². The molecule has 0 saturated carbocycles. The minimum absolute atomic E-state index is 0.764. The normalized spacial score (nSPS) is 10.4. The molecule has 0 saturated heterocycles. The summed E-state index contributed by atoms with van der Waals surface area (Å²) in [5.74, 6) is 6.65. The van der Waals surface area contributed by atoms with Crippen LogP contribution in [0, 0.1) is 11.8 Å². The van der Waals surface area contributed by atoms with Crippen LogP contribution in [0.5, 0.6) is 0 Å². The third kappa shape index (κ3) is 4.86. The van der Waals surface area contributed by atoms with Crippen molar-refractivity contribution >= 4 is 16.5 Å². The predicted molar refractivity (Wildman–Crippen MR) is 125 cm³/mol. The molecule has 0 N–H and O–H groups in total. The molecule has 4 aromatic rings. The monoisotopic (exact) mass is 375 g/mol. The molecule has 1 heteroatoms. The van der Waals surface area contributed by atoms with E-state index in [1.807, 2.05) is 0 Å². The summed E-state index contributed by atoms with van der Waals surface area (Å²) in [7, 11) is 4.11. The first-order valence-electron chi connectivity index (χ1n) is 9.99. The van der Waals surface area contributed by atoms with Crippen LogP contribution in [-0.2, 0) is 12.8 Å². The molecule has 1 nitrogen and oxygen atoms in total. The van der Waals surface area contributed by atoms with Gasteiger partial charge in [-0.15, -0.1) is 0 Å². The van der Waals surface area contributed by atoms with Crippen molar-refractivity contribution in [3.8, 4) is 11.8 Å². The van der Waals surface area contributed by atoms with Crippen LogP contribution < -0.4 is 4.90 Å². The molecule has 0 aliphatic rings. The molecular formula is C28H25N. The molecule has 4 rings (SSSR count). The van der Waals surface area contributed by atoms with Gasteiger partial charge in [0.25, 0.3) is 0 Å². The minimum atomic E-state index is 0.764. The number of nitrogens with zero attached hydrogens (tertiary/aromatic N) is 1. The van der Waals surface area contributed by atoms with Gasteiger partial charge in [-0.1, -0.05) is 78.6 Å². The van der Waals surface area contributed by atoms with Gasteiger partial charge in [-0.2, -0.15) is 0 Å². The number of rotatable bonds is 4. The highest BCUT2D eigenvalue weighted by atomic mass is 15.1. The highest BCUT2D eigenvalue weighted by Gasteiger charge is 2.00. The fourth-order valence-corrected chi connectivity index (χ4v) is 3.48. The summed E-state index contributed by atoms with van der Waals surface area (Å²) in [5.41, 5.74) is 6.19. The Morgan fingerprint density at radius 3 is 2.14 bits per heavy atom. The first kappa shape index (κ1) is 18.8. The molecule has 29 heavy (non-hydrogen) atoms. The number of hydrogen-bond donors (Lipinski definition) is 0. The smallest absolute Gasteiger partial charge is 0.0361 e. The van der Waals surface area contributed by atoms with Gasteiger partial charge in [0, 0.05) is 31.8 Å². The zero-order valence-corrected chi connectivity index (χ0v) is 17.0. The average molecular weight is 376 g/mol. The minimum Gasteiger partial charge on any atom is -0.378 e. The first-order valence-corrected chi connectivity index (χ1v) is 9.99. The Bertz CT molecular complexity index is 1160. The third-order valence-electron chi connectivity index (χ3n) is 5.13. The van der Waals surface area contributed by atoms with E-state index in [9.17, 15) is 0 Å². The van der Waals surface area contributed by atoms with Crippen molar-refractivity contribution in [3.63, 3.8) is 0 Å². The van der Waals surface area contributed by atoms with Crippen molar-refractivity contribution in [3.05, 3.63) is 113 Å². The maximum atomic E-state index is 3.33. The Kier molecular flexibility index (Phi) is 5.63. The summed E-state index contributed by atoms with van der Waals surface area (Å²) in [6.07, 6.45) is 1.72. The van der Waals surface area contributed by atoms with Gasteiger partial charge in [0.15, 0.2) is 0 Å². The molecule has 142 valence electrons. The maximum absolute atomic E-state index is 3.33. The fraction of sp³-hybridized carbons (Fsp3) is 0.143. The van der Waals surface area contributed by atoms with E-state index in [0.29, 0.717) is 0 Å². The van der Waals surface area contributed by atoms with E-state index < -0.39 is 0 Å². The molecule has 0 unspecified atom stereocenters. The van der Waals surface area contributed by atoms with Gasteiger partial charge < -0.3 is 4.90 Å². The van der Waals surface area contributed by atoms with E-state index in [0.717, 1.165) is 18.4 Å². The molecule has 0 amide bonds. The van der Waals surface area contributed by atoms with Crippen LogP contribution in [0.1, 0.15) is 22.3 Å². The van der Waals surface area contributed by atoms with Gasteiger partial charge in [-0.3, -0.25) is 0 Å². The number of anilines is 1. The molecule has 0 aliphatic heterocycles. The summed E-state index contributed by atoms with van der Waals surface area (Å²) in [5, 5.41) is 2.51. The SMILES string of the molecule is CN(C)c1ccc(CC#Cc2ccc3ccc(Cc4ccccc4)cc3c2)cc1. The topological polar surface area (TPSA) is 3.24 Å². The van der Waals surface area contributed by atoms with Gasteiger partial charge in [-0.05, 0) is 58.1 Å². The van der Waals surface area contributed by atoms with Gasteiger partial charge >= 0.3 is 0 Å². The van der Waals surface area contributed by atoms with Crippen LogP contribution in [-0.4, -0.2) is 14.1 Å².